The van der Waals surface area contributed by atoms with Gasteiger partial charge in [-0.2, -0.15) is 13.2 Å². The average molecular weight is 461 g/mol. The van der Waals surface area contributed by atoms with Gasteiger partial charge in [0.25, 0.3) is 0 Å². The number of urea groups is 1. The van der Waals surface area contributed by atoms with E-state index < -0.39 is 11.7 Å². The van der Waals surface area contributed by atoms with Gasteiger partial charge < -0.3 is 5.32 Å². The van der Waals surface area contributed by atoms with Gasteiger partial charge in [-0.05, 0) is 59.4 Å². The molecule has 1 aliphatic heterocycles. The zero-order valence-corrected chi connectivity index (χ0v) is 18.5. The molecular weight excluding hydrogens is 439 g/mol. The van der Waals surface area contributed by atoms with Gasteiger partial charge in [0.05, 0.1) is 11.1 Å². The molecule has 0 bridgehead atoms. The van der Waals surface area contributed by atoms with E-state index in [1.807, 2.05) is 55.5 Å². The summed E-state index contributed by atoms with van der Waals surface area (Å²) in [5.41, 5.74) is 4.55. The Morgan fingerprint density at radius 3 is 2.47 bits per heavy atom. The number of halogens is 3. The molecule has 1 fully saturated rings. The summed E-state index contributed by atoms with van der Waals surface area (Å²) in [4.78, 5) is 17.8. The number of carbonyl (C=O) groups is 1. The highest BCUT2D eigenvalue weighted by Gasteiger charge is 2.33. The van der Waals surface area contributed by atoms with Crippen molar-refractivity contribution in [1.82, 2.24) is 10.3 Å². The number of aromatic nitrogens is 1. The van der Waals surface area contributed by atoms with E-state index in [0.717, 1.165) is 39.6 Å². The number of hydrogen-bond donors (Lipinski definition) is 1. The molecule has 0 unspecified atom stereocenters. The number of para-hydroxylation sites is 1. The molecule has 172 valence electrons. The third kappa shape index (κ3) is 4.09. The van der Waals surface area contributed by atoms with Crippen LogP contribution in [0.1, 0.15) is 22.3 Å². The number of rotatable bonds is 4. The lowest BCUT2D eigenvalue weighted by Crippen LogP contribution is -2.27. The van der Waals surface area contributed by atoms with Crippen LogP contribution in [0.25, 0.3) is 22.0 Å². The highest BCUT2D eigenvalue weighted by molar-refractivity contribution is 5.98. The third-order valence-electron chi connectivity index (χ3n) is 6.10. The van der Waals surface area contributed by atoms with Crippen LogP contribution < -0.4 is 10.2 Å². The van der Waals surface area contributed by atoms with Crippen molar-refractivity contribution in [3.05, 3.63) is 95.2 Å². The largest absolute Gasteiger partial charge is 0.418 e. The molecule has 0 radical (unpaired) electrons. The Labute approximate surface area is 195 Å². The second-order valence-electron chi connectivity index (χ2n) is 8.45. The normalized spacial score (nSPS) is 14.0. The number of aryl methyl sites for hydroxylation is 1. The Morgan fingerprint density at radius 2 is 1.74 bits per heavy atom. The predicted octanol–water partition coefficient (Wildman–Crippen LogP) is 6.35. The minimum absolute atomic E-state index is 0.0439. The smallest absolute Gasteiger partial charge is 0.336 e. The van der Waals surface area contributed by atoms with E-state index in [9.17, 15) is 18.0 Å². The highest BCUT2D eigenvalue weighted by atomic mass is 19.4. The Balaban J connectivity index is 1.52. The molecule has 0 saturated carbocycles. The van der Waals surface area contributed by atoms with Gasteiger partial charge in [0.1, 0.15) is 0 Å². The third-order valence-corrected chi connectivity index (χ3v) is 6.10. The maximum atomic E-state index is 13.6. The summed E-state index contributed by atoms with van der Waals surface area (Å²) in [7, 11) is 0. The van der Waals surface area contributed by atoms with E-state index in [0.29, 0.717) is 24.9 Å². The van der Waals surface area contributed by atoms with Crippen molar-refractivity contribution >= 4 is 22.6 Å². The van der Waals surface area contributed by atoms with Gasteiger partial charge in [0, 0.05) is 30.4 Å². The number of hydrogen-bond acceptors (Lipinski definition) is 2. The number of nitrogens with one attached hydrogen (secondary N) is 1. The molecule has 5 rings (SSSR count). The summed E-state index contributed by atoms with van der Waals surface area (Å²) in [5.74, 6) is 0. The lowest BCUT2D eigenvalue weighted by molar-refractivity contribution is -0.136. The average Bonchev–Trinajstić information content (AvgIpc) is 3.24. The number of pyridine rings is 1. The minimum atomic E-state index is -4.47. The number of anilines is 1. The number of benzene rings is 3. The van der Waals surface area contributed by atoms with Gasteiger partial charge in [0.15, 0.2) is 0 Å². The van der Waals surface area contributed by atoms with Crippen LogP contribution in [0.2, 0.25) is 0 Å². The highest BCUT2D eigenvalue weighted by Crippen LogP contribution is 2.38. The van der Waals surface area contributed by atoms with E-state index in [4.69, 9.17) is 0 Å². The monoisotopic (exact) mass is 461 g/mol. The van der Waals surface area contributed by atoms with Gasteiger partial charge in [0.2, 0.25) is 0 Å². The lowest BCUT2D eigenvalue weighted by atomic mass is 9.93. The van der Waals surface area contributed by atoms with E-state index in [1.54, 1.807) is 11.0 Å². The fraction of sp³-hybridized carbons (Fsp3) is 0.185. The Hall–Kier alpha value is -3.87. The SMILES string of the molecule is Cc1cnc2c(C(F)(F)F)cccc2c1-c1cccc(Cc2cccc(N3CCNC3=O)c2)c1. The molecule has 1 aromatic heterocycles. The van der Waals surface area contributed by atoms with Crippen molar-refractivity contribution in [3.8, 4) is 11.1 Å². The van der Waals surface area contributed by atoms with Crippen molar-refractivity contribution < 1.29 is 18.0 Å². The van der Waals surface area contributed by atoms with Crippen LogP contribution >= 0.6 is 0 Å². The van der Waals surface area contributed by atoms with Gasteiger partial charge >= 0.3 is 12.2 Å². The molecule has 1 aliphatic rings. The first-order chi connectivity index (χ1) is 16.3. The maximum Gasteiger partial charge on any atom is 0.418 e. The first kappa shape index (κ1) is 21.9. The zero-order chi connectivity index (χ0) is 23.9. The standard InChI is InChI=1S/C27H22F3N3O/c1-17-16-32-25-22(9-4-10-23(25)27(28,29)30)24(17)20-7-2-5-18(14-20)13-19-6-3-8-21(15-19)33-12-11-31-26(33)34/h2-10,14-16H,11-13H2,1H3,(H,31,34). The number of fused-ring (bicyclic) bond motifs is 1. The molecule has 1 saturated heterocycles. The van der Waals surface area contributed by atoms with Gasteiger partial charge in [-0.15, -0.1) is 0 Å². The van der Waals surface area contributed by atoms with Gasteiger partial charge in [-0.3, -0.25) is 9.88 Å². The molecule has 0 spiro atoms. The molecule has 2 heterocycles. The van der Waals surface area contributed by atoms with Crippen molar-refractivity contribution in [2.45, 2.75) is 19.5 Å². The number of alkyl halides is 3. The first-order valence-corrected chi connectivity index (χ1v) is 11.0. The van der Waals surface area contributed by atoms with Crippen LogP contribution in [-0.2, 0) is 12.6 Å². The number of carbonyl (C=O) groups excluding carboxylic acids is 1. The quantitative estimate of drug-likeness (QED) is 0.385. The Morgan fingerprint density at radius 1 is 1.00 bits per heavy atom. The maximum absolute atomic E-state index is 13.6. The Kier molecular flexibility index (Phi) is 5.48. The molecule has 1 N–H and O–H groups in total. The molecule has 0 atom stereocenters. The van der Waals surface area contributed by atoms with Crippen molar-refractivity contribution in [3.63, 3.8) is 0 Å². The van der Waals surface area contributed by atoms with Crippen LogP contribution in [0.15, 0.2) is 72.9 Å². The summed E-state index contributed by atoms with van der Waals surface area (Å²) in [5, 5.41) is 3.29. The molecule has 0 aliphatic carbocycles. The summed E-state index contributed by atoms with van der Waals surface area (Å²) < 4.78 is 40.7. The van der Waals surface area contributed by atoms with Crippen LogP contribution in [0.5, 0.6) is 0 Å². The molecule has 7 heteroatoms. The molecule has 34 heavy (non-hydrogen) atoms. The molecule has 4 nitrogen and oxygen atoms in total. The van der Waals surface area contributed by atoms with E-state index in [1.165, 1.54) is 12.3 Å². The van der Waals surface area contributed by atoms with Gasteiger partial charge in [-0.1, -0.05) is 48.5 Å². The van der Waals surface area contributed by atoms with Crippen molar-refractivity contribution in [1.29, 1.82) is 0 Å². The number of nitrogens with zero attached hydrogens (tertiary/aromatic N) is 2. The second-order valence-corrected chi connectivity index (χ2v) is 8.45. The first-order valence-electron chi connectivity index (χ1n) is 11.0. The molecule has 3 aromatic carbocycles. The van der Waals surface area contributed by atoms with Crippen LogP contribution in [0.4, 0.5) is 23.7 Å². The fourth-order valence-corrected chi connectivity index (χ4v) is 4.56. The van der Waals surface area contributed by atoms with E-state index in [2.05, 4.69) is 10.3 Å². The predicted molar refractivity (Wildman–Crippen MR) is 127 cm³/mol. The van der Waals surface area contributed by atoms with Crippen molar-refractivity contribution in [2.24, 2.45) is 0 Å². The zero-order valence-electron chi connectivity index (χ0n) is 18.5. The van der Waals surface area contributed by atoms with Gasteiger partial charge in [-0.25, -0.2) is 4.79 Å². The molecule has 4 aromatic rings. The summed E-state index contributed by atoms with van der Waals surface area (Å²) >= 11 is 0. The minimum Gasteiger partial charge on any atom is -0.336 e. The van der Waals surface area contributed by atoms with Crippen LogP contribution in [0.3, 0.4) is 0 Å². The summed E-state index contributed by atoms with van der Waals surface area (Å²) in [6.07, 6.45) is -2.34. The van der Waals surface area contributed by atoms with E-state index in [-0.39, 0.29) is 11.5 Å². The Bertz CT molecular complexity index is 1400. The topological polar surface area (TPSA) is 45.2 Å². The summed E-state index contributed by atoms with van der Waals surface area (Å²) in [6, 6.07) is 19.8. The fourth-order valence-electron chi connectivity index (χ4n) is 4.56. The van der Waals surface area contributed by atoms with Crippen molar-refractivity contribution in [2.75, 3.05) is 18.0 Å². The van der Waals surface area contributed by atoms with Crippen LogP contribution in [0, 0.1) is 6.92 Å². The number of amides is 2. The lowest BCUT2D eigenvalue weighted by Gasteiger charge is -2.16. The van der Waals surface area contributed by atoms with E-state index >= 15 is 0 Å². The van der Waals surface area contributed by atoms with Crippen LogP contribution in [-0.4, -0.2) is 24.1 Å². The second kappa shape index (κ2) is 8.48. The molecule has 2 amide bonds. The summed E-state index contributed by atoms with van der Waals surface area (Å²) in [6.45, 7) is 3.12. The molecular formula is C27H22F3N3O.